The van der Waals surface area contributed by atoms with Gasteiger partial charge in [-0.15, -0.1) is 0 Å². The molecule has 1 heterocycles. The lowest BCUT2D eigenvalue weighted by molar-refractivity contribution is -0.141. The van der Waals surface area contributed by atoms with E-state index in [1.807, 2.05) is 12.1 Å². The van der Waals surface area contributed by atoms with Gasteiger partial charge in [0, 0.05) is 39.0 Å². The highest BCUT2D eigenvalue weighted by Crippen LogP contribution is 2.07. The zero-order valence-electron chi connectivity index (χ0n) is 11.2. The van der Waals surface area contributed by atoms with E-state index in [1.54, 1.807) is 24.2 Å². The number of rotatable bonds is 7. The van der Waals surface area contributed by atoms with Crippen molar-refractivity contribution in [2.24, 2.45) is 5.73 Å². The third kappa shape index (κ3) is 5.32. The van der Waals surface area contributed by atoms with Gasteiger partial charge in [0.05, 0.1) is 4.99 Å². The molecular formula is C13H19N3O2S. The zero-order chi connectivity index (χ0) is 14.3. The van der Waals surface area contributed by atoms with Crippen molar-refractivity contribution in [1.29, 1.82) is 0 Å². The third-order valence-corrected chi connectivity index (χ3v) is 2.94. The van der Waals surface area contributed by atoms with Crippen LogP contribution in [-0.2, 0) is 16.1 Å². The highest BCUT2D eigenvalue weighted by molar-refractivity contribution is 7.80. The van der Waals surface area contributed by atoms with Crippen LogP contribution >= 0.6 is 12.2 Å². The van der Waals surface area contributed by atoms with Crippen LogP contribution in [0.15, 0.2) is 24.5 Å². The van der Waals surface area contributed by atoms with Crippen molar-refractivity contribution in [3.8, 4) is 0 Å². The summed E-state index contributed by atoms with van der Waals surface area (Å²) in [5.41, 5.74) is 6.45. The van der Waals surface area contributed by atoms with Gasteiger partial charge in [-0.1, -0.05) is 18.3 Å². The standard InChI is InChI=1S/C13H19N3O2S/c1-10(18-2)13(17)16(7-5-12(14)19)9-11-4-3-6-15-8-11/h3-4,6,8,10H,5,7,9H2,1-2H3,(H2,14,19). The Labute approximate surface area is 118 Å². The van der Waals surface area contributed by atoms with E-state index in [-0.39, 0.29) is 5.91 Å². The predicted octanol–water partition coefficient (Wildman–Crippen LogP) is 1.12. The first-order chi connectivity index (χ1) is 9.04. The molecule has 0 saturated heterocycles. The Hall–Kier alpha value is -1.53. The molecule has 0 aliphatic carbocycles. The van der Waals surface area contributed by atoms with E-state index in [4.69, 9.17) is 22.7 Å². The molecule has 1 aromatic heterocycles. The molecule has 0 spiro atoms. The molecule has 1 aromatic rings. The third-order valence-electron chi connectivity index (χ3n) is 2.74. The van der Waals surface area contributed by atoms with Gasteiger partial charge >= 0.3 is 0 Å². The van der Waals surface area contributed by atoms with E-state index in [0.717, 1.165) is 5.56 Å². The van der Waals surface area contributed by atoms with Crippen LogP contribution in [-0.4, -0.2) is 40.5 Å². The van der Waals surface area contributed by atoms with Crippen LogP contribution in [0.4, 0.5) is 0 Å². The summed E-state index contributed by atoms with van der Waals surface area (Å²) in [6, 6.07) is 3.76. The summed E-state index contributed by atoms with van der Waals surface area (Å²) in [6.07, 6.45) is 3.45. The van der Waals surface area contributed by atoms with Crippen LogP contribution in [0.5, 0.6) is 0 Å². The first-order valence-electron chi connectivity index (χ1n) is 6.03. The number of methoxy groups -OCH3 is 1. The minimum Gasteiger partial charge on any atom is -0.393 e. The Balaban J connectivity index is 2.74. The second-order valence-corrected chi connectivity index (χ2v) is 4.74. The summed E-state index contributed by atoms with van der Waals surface area (Å²) in [7, 11) is 1.51. The molecule has 1 rings (SSSR count). The molecule has 0 fully saturated rings. The van der Waals surface area contributed by atoms with Gasteiger partial charge in [0.1, 0.15) is 6.10 Å². The fourth-order valence-corrected chi connectivity index (χ4v) is 1.67. The number of pyridine rings is 1. The number of amides is 1. The summed E-state index contributed by atoms with van der Waals surface area (Å²) in [4.78, 5) is 18.3. The Morgan fingerprint density at radius 2 is 2.37 bits per heavy atom. The quantitative estimate of drug-likeness (QED) is 0.759. The van der Waals surface area contributed by atoms with Crippen molar-refractivity contribution in [3.63, 3.8) is 0 Å². The SMILES string of the molecule is COC(C)C(=O)N(CCC(N)=S)Cc1cccnc1. The maximum atomic E-state index is 12.2. The van der Waals surface area contributed by atoms with Gasteiger partial charge in [0.2, 0.25) is 0 Å². The molecule has 5 nitrogen and oxygen atoms in total. The number of hydrogen-bond donors (Lipinski definition) is 1. The van der Waals surface area contributed by atoms with Crippen LogP contribution in [0.2, 0.25) is 0 Å². The van der Waals surface area contributed by atoms with Gasteiger partial charge in [0.15, 0.2) is 0 Å². The second kappa shape index (κ2) is 7.81. The summed E-state index contributed by atoms with van der Waals surface area (Å²) in [5, 5.41) is 0. The van der Waals surface area contributed by atoms with Crippen LogP contribution in [0.3, 0.4) is 0 Å². The highest BCUT2D eigenvalue weighted by atomic mass is 32.1. The maximum absolute atomic E-state index is 12.2. The molecule has 0 saturated carbocycles. The molecule has 2 N–H and O–H groups in total. The Bertz CT molecular complexity index is 425. The zero-order valence-corrected chi connectivity index (χ0v) is 12.0. The lowest BCUT2D eigenvalue weighted by atomic mass is 10.2. The molecule has 104 valence electrons. The van der Waals surface area contributed by atoms with Gasteiger partial charge in [0.25, 0.3) is 5.91 Å². The van der Waals surface area contributed by atoms with E-state index in [9.17, 15) is 4.79 Å². The number of carbonyl (C=O) groups is 1. The van der Waals surface area contributed by atoms with Gasteiger partial charge in [-0.25, -0.2) is 0 Å². The van der Waals surface area contributed by atoms with Crippen molar-refractivity contribution in [3.05, 3.63) is 30.1 Å². The fraction of sp³-hybridized carbons (Fsp3) is 0.462. The molecule has 6 heteroatoms. The molecule has 0 bridgehead atoms. The Morgan fingerprint density at radius 3 is 2.89 bits per heavy atom. The van der Waals surface area contributed by atoms with Gasteiger partial charge in [-0.3, -0.25) is 9.78 Å². The molecule has 0 aromatic carbocycles. The van der Waals surface area contributed by atoms with Crippen LogP contribution in [0.25, 0.3) is 0 Å². The number of carbonyl (C=O) groups excluding carboxylic acids is 1. The average Bonchev–Trinajstić information content (AvgIpc) is 2.42. The van der Waals surface area contributed by atoms with Crippen molar-refractivity contribution in [1.82, 2.24) is 9.88 Å². The number of nitrogens with two attached hydrogens (primary N) is 1. The monoisotopic (exact) mass is 281 g/mol. The van der Waals surface area contributed by atoms with Crippen molar-refractivity contribution < 1.29 is 9.53 Å². The molecule has 0 radical (unpaired) electrons. The average molecular weight is 281 g/mol. The van der Waals surface area contributed by atoms with Crippen LogP contribution < -0.4 is 5.73 Å². The summed E-state index contributed by atoms with van der Waals surface area (Å²) in [5.74, 6) is -0.0809. The largest absolute Gasteiger partial charge is 0.393 e. The summed E-state index contributed by atoms with van der Waals surface area (Å²) in [6.45, 7) is 2.68. The molecule has 1 amide bonds. The van der Waals surface area contributed by atoms with E-state index >= 15 is 0 Å². The number of thiocarbonyl (C=S) groups is 1. The van der Waals surface area contributed by atoms with Gasteiger partial charge in [-0.05, 0) is 18.6 Å². The Morgan fingerprint density at radius 1 is 1.63 bits per heavy atom. The molecule has 0 aliphatic rings. The first-order valence-corrected chi connectivity index (χ1v) is 6.44. The number of ether oxygens (including phenoxy) is 1. The molecule has 19 heavy (non-hydrogen) atoms. The normalized spacial score (nSPS) is 11.9. The van der Waals surface area contributed by atoms with Crippen molar-refractivity contribution in [2.45, 2.75) is 26.0 Å². The lowest BCUT2D eigenvalue weighted by Crippen LogP contribution is -2.39. The fourth-order valence-electron chi connectivity index (χ4n) is 1.58. The topological polar surface area (TPSA) is 68.5 Å². The molecular weight excluding hydrogens is 262 g/mol. The summed E-state index contributed by atoms with van der Waals surface area (Å²) < 4.78 is 5.07. The first kappa shape index (κ1) is 15.5. The minimum atomic E-state index is -0.483. The Kier molecular flexibility index (Phi) is 6.38. The van der Waals surface area contributed by atoms with E-state index in [1.165, 1.54) is 7.11 Å². The van der Waals surface area contributed by atoms with Gasteiger partial charge in [-0.2, -0.15) is 0 Å². The predicted molar refractivity (Wildman–Crippen MR) is 77.5 cm³/mol. The summed E-state index contributed by atoms with van der Waals surface area (Å²) >= 11 is 4.86. The molecule has 0 aliphatic heterocycles. The van der Waals surface area contributed by atoms with Crippen molar-refractivity contribution >= 4 is 23.1 Å². The number of nitrogens with zero attached hydrogens (tertiary/aromatic N) is 2. The van der Waals surface area contributed by atoms with E-state index in [2.05, 4.69) is 4.98 Å². The molecule has 1 unspecified atom stereocenters. The second-order valence-electron chi connectivity index (χ2n) is 4.22. The minimum absolute atomic E-state index is 0.0809. The van der Waals surface area contributed by atoms with E-state index in [0.29, 0.717) is 24.5 Å². The van der Waals surface area contributed by atoms with Gasteiger partial charge < -0.3 is 15.4 Å². The van der Waals surface area contributed by atoms with Crippen molar-refractivity contribution in [2.75, 3.05) is 13.7 Å². The molecule has 1 atom stereocenters. The highest BCUT2D eigenvalue weighted by Gasteiger charge is 2.20. The number of aromatic nitrogens is 1. The van der Waals surface area contributed by atoms with Crippen LogP contribution in [0, 0.1) is 0 Å². The van der Waals surface area contributed by atoms with Crippen LogP contribution in [0.1, 0.15) is 18.9 Å². The lowest BCUT2D eigenvalue weighted by Gasteiger charge is -2.25. The smallest absolute Gasteiger partial charge is 0.251 e. The maximum Gasteiger partial charge on any atom is 0.251 e. The number of hydrogen-bond acceptors (Lipinski definition) is 4. The van der Waals surface area contributed by atoms with E-state index < -0.39 is 6.10 Å².